The lowest BCUT2D eigenvalue weighted by molar-refractivity contribution is -0.121. The Morgan fingerprint density at radius 3 is 2.57 bits per heavy atom. The zero-order valence-electron chi connectivity index (χ0n) is 16.3. The molecule has 0 unspecified atom stereocenters. The summed E-state index contributed by atoms with van der Waals surface area (Å²) in [6.07, 6.45) is 1.02. The lowest BCUT2D eigenvalue weighted by Gasteiger charge is -2.18. The molecule has 2 aromatic rings. The van der Waals surface area contributed by atoms with Gasteiger partial charge in [0.2, 0.25) is 5.91 Å². The minimum atomic E-state index is -0.568. The zero-order valence-corrected chi connectivity index (χ0v) is 16.3. The molecule has 0 spiro atoms. The zero-order chi connectivity index (χ0) is 20.4. The number of hydrogen-bond acceptors (Lipinski definition) is 5. The van der Waals surface area contributed by atoms with E-state index < -0.39 is 12.1 Å². The van der Waals surface area contributed by atoms with Crippen molar-refractivity contribution in [3.63, 3.8) is 0 Å². The van der Waals surface area contributed by atoms with E-state index in [0.29, 0.717) is 0 Å². The van der Waals surface area contributed by atoms with Gasteiger partial charge in [-0.05, 0) is 48.7 Å². The first-order chi connectivity index (χ1) is 13.5. The first-order valence-corrected chi connectivity index (χ1v) is 8.98. The standard InChI is InChI=1S/C21H25N3O4/c1-4-28-21(26)23-18(17-8-6-5-7-9-17)13-20(25)24-22-14-16-10-11-19(27-3)15(2)12-16/h5-12,14,18H,4,13H2,1-3H3,(H,23,26)(H,24,25)/b22-14-/t18-/m1/s1. The number of benzene rings is 2. The van der Waals surface area contributed by atoms with Crippen molar-refractivity contribution in [2.45, 2.75) is 26.3 Å². The van der Waals surface area contributed by atoms with Gasteiger partial charge < -0.3 is 14.8 Å². The summed E-state index contributed by atoms with van der Waals surface area (Å²) in [4.78, 5) is 24.1. The summed E-state index contributed by atoms with van der Waals surface area (Å²) in [5.74, 6) is 0.462. The summed E-state index contributed by atoms with van der Waals surface area (Å²) >= 11 is 0. The minimum absolute atomic E-state index is 0.0296. The molecule has 148 valence electrons. The Morgan fingerprint density at radius 2 is 1.93 bits per heavy atom. The number of methoxy groups -OCH3 is 1. The lowest BCUT2D eigenvalue weighted by Crippen LogP contribution is -2.33. The van der Waals surface area contributed by atoms with E-state index >= 15 is 0 Å². The van der Waals surface area contributed by atoms with Crippen LogP contribution >= 0.6 is 0 Å². The molecule has 7 heteroatoms. The number of nitrogens with one attached hydrogen (secondary N) is 2. The van der Waals surface area contributed by atoms with Gasteiger partial charge in [-0.15, -0.1) is 0 Å². The largest absolute Gasteiger partial charge is 0.496 e. The van der Waals surface area contributed by atoms with Crippen molar-refractivity contribution in [1.82, 2.24) is 10.7 Å². The molecular formula is C21H25N3O4. The van der Waals surface area contributed by atoms with Crippen LogP contribution in [0.4, 0.5) is 4.79 Å². The third kappa shape index (κ3) is 6.42. The molecular weight excluding hydrogens is 358 g/mol. The smallest absolute Gasteiger partial charge is 0.407 e. The second-order valence-corrected chi connectivity index (χ2v) is 6.05. The van der Waals surface area contributed by atoms with Crippen LogP contribution in [0.25, 0.3) is 0 Å². The van der Waals surface area contributed by atoms with Crippen LogP contribution < -0.4 is 15.5 Å². The van der Waals surface area contributed by atoms with Crippen molar-refractivity contribution >= 4 is 18.2 Å². The van der Waals surface area contributed by atoms with Crippen molar-refractivity contribution in [1.29, 1.82) is 0 Å². The Hall–Kier alpha value is -3.35. The van der Waals surface area contributed by atoms with Crippen LogP contribution in [-0.2, 0) is 9.53 Å². The molecule has 2 N–H and O–H groups in total. The van der Waals surface area contributed by atoms with E-state index in [1.807, 2.05) is 55.5 Å². The van der Waals surface area contributed by atoms with Gasteiger partial charge in [-0.3, -0.25) is 4.79 Å². The summed E-state index contributed by atoms with van der Waals surface area (Å²) in [5.41, 5.74) is 5.11. The Balaban J connectivity index is 1.98. The van der Waals surface area contributed by atoms with E-state index in [1.165, 1.54) is 0 Å². The van der Waals surface area contributed by atoms with Gasteiger partial charge in [0, 0.05) is 0 Å². The van der Waals surface area contributed by atoms with Crippen molar-refractivity contribution < 1.29 is 19.1 Å². The highest BCUT2D eigenvalue weighted by molar-refractivity contribution is 5.83. The van der Waals surface area contributed by atoms with Crippen molar-refractivity contribution in [2.75, 3.05) is 13.7 Å². The number of alkyl carbamates (subject to hydrolysis) is 1. The highest BCUT2D eigenvalue weighted by Crippen LogP contribution is 2.18. The Bertz CT molecular complexity index is 822. The minimum Gasteiger partial charge on any atom is -0.496 e. The molecule has 0 aliphatic carbocycles. The van der Waals surface area contributed by atoms with Crippen LogP contribution in [0.2, 0.25) is 0 Å². The van der Waals surface area contributed by atoms with Gasteiger partial charge in [0.25, 0.3) is 0 Å². The summed E-state index contributed by atoms with van der Waals surface area (Å²) < 4.78 is 10.1. The quantitative estimate of drug-likeness (QED) is 0.540. The Morgan fingerprint density at radius 1 is 1.18 bits per heavy atom. The summed E-state index contributed by atoms with van der Waals surface area (Å²) in [6, 6.07) is 14.3. The number of carbonyl (C=O) groups excluding carboxylic acids is 2. The highest BCUT2D eigenvalue weighted by Gasteiger charge is 2.18. The average Bonchev–Trinajstić information content (AvgIpc) is 2.68. The molecule has 0 saturated carbocycles. The van der Waals surface area contributed by atoms with Gasteiger partial charge in [-0.25, -0.2) is 10.2 Å². The molecule has 0 aliphatic rings. The van der Waals surface area contributed by atoms with Gasteiger partial charge in [-0.2, -0.15) is 5.10 Å². The fraction of sp³-hybridized carbons (Fsp3) is 0.286. The van der Waals surface area contributed by atoms with Gasteiger partial charge >= 0.3 is 6.09 Å². The first kappa shape index (κ1) is 21.0. The van der Waals surface area contributed by atoms with Crippen molar-refractivity contribution in [3.05, 3.63) is 65.2 Å². The van der Waals surface area contributed by atoms with E-state index in [9.17, 15) is 9.59 Å². The Labute approximate surface area is 164 Å². The van der Waals surface area contributed by atoms with Gasteiger partial charge in [0.05, 0.1) is 32.4 Å². The predicted molar refractivity (Wildman–Crippen MR) is 107 cm³/mol. The summed E-state index contributed by atoms with van der Waals surface area (Å²) in [7, 11) is 1.61. The topological polar surface area (TPSA) is 89.0 Å². The van der Waals surface area contributed by atoms with Crippen LogP contribution in [0.5, 0.6) is 5.75 Å². The summed E-state index contributed by atoms with van der Waals surface area (Å²) in [6.45, 7) is 3.91. The Kier molecular flexibility index (Phi) is 8.02. The first-order valence-electron chi connectivity index (χ1n) is 8.98. The van der Waals surface area contributed by atoms with E-state index in [0.717, 1.165) is 22.4 Å². The molecule has 0 heterocycles. The van der Waals surface area contributed by atoms with Gasteiger partial charge in [-0.1, -0.05) is 30.3 Å². The number of nitrogens with zero attached hydrogens (tertiary/aromatic N) is 1. The third-order valence-corrected chi connectivity index (χ3v) is 3.98. The highest BCUT2D eigenvalue weighted by atomic mass is 16.5. The predicted octanol–water partition coefficient (Wildman–Crippen LogP) is 3.33. The molecule has 0 aliphatic heterocycles. The van der Waals surface area contributed by atoms with Crippen molar-refractivity contribution in [3.8, 4) is 5.75 Å². The SMILES string of the molecule is CCOC(=O)N[C@H](CC(=O)N/N=C\c1ccc(OC)c(C)c1)c1ccccc1. The third-order valence-electron chi connectivity index (χ3n) is 3.98. The van der Waals surface area contributed by atoms with Crippen LogP contribution in [0.3, 0.4) is 0 Å². The maximum atomic E-state index is 12.3. The van der Waals surface area contributed by atoms with E-state index in [4.69, 9.17) is 9.47 Å². The second kappa shape index (κ2) is 10.7. The lowest BCUT2D eigenvalue weighted by atomic mass is 10.0. The van der Waals surface area contributed by atoms with Crippen molar-refractivity contribution in [2.24, 2.45) is 5.10 Å². The maximum Gasteiger partial charge on any atom is 0.407 e. The maximum absolute atomic E-state index is 12.3. The van der Waals surface area contributed by atoms with Crippen LogP contribution in [0.15, 0.2) is 53.6 Å². The fourth-order valence-electron chi connectivity index (χ4n) is 2.64. The molecule has 2 amide bonds. The number of hydrazone groups is 1. The van der Waals surface area contributed by atoms with Crippen LogP contribution in [0.1, 0.15) is 36.1 Å². The van der Waals surface area contributed by atoms with E-state index in [-0.39, 0.29) is 18.9 Å². The van der Waals surface area contributed by atoms with E-state index in [1.54, 1.807) is 20.2 Å². The molecule has 2 rings (SSSR count). The molecule has 0 bridgehead atoms. The molecule has 0 saturated heterocycles. The summed E-state index contributed by atoms with van der Waals surface area (Å²) in [5, 5.41) is 6.70. The average molecular weight is 383 g/mol. The number of rotatable bonds is 8. The number of amides is 2. The molecule has 0 fully saturated rings. The molecule has 1 atom stereocenters. The van der Waals surface area contributed by atoms with Gasteiger partial charge in [0.1, 0.15) is 5.75 Å². The normalized spacial score (nSPS) is 11.7. The molecule has 2 aromatic carbocycles. The monoisotopic (exact) mass is 383 g/mol. The van der Waals surface area contributed by atoms with Crippen LogP contribution in [0, 0.1) is 6.92 Å². The molecule has 7 nitrogen and oxygen atoms in total. The fourth-order valence-corrected chi connectivity index (χ4v) is 2.64. The number of carbonyl (C=O) groups is 2. The van der Waals surface area contributed by atoms with Crippen LogP contribution in [-0.4, -0.2) is 31.9 Å². The second-order valence-electron chi connectivity index (χ2n) is 6.05. The number of aryl methyl sites for hydroxylation is 1. The molecule has 0 aromatic heterocycles. The van der Waals surface area contributed by atoms with Gasteiger partial charge in [0.15, 0.2) is 0 Å². The number of hydrogen-bond donors (Lipinski definition) is 2. The molecule has 0 radical (unpaired) electrons. The molecule has 28 heavy (non-hydrogen) atoms. The number of ether oxygens (including phenoxy) is 2. The van der Waals surface area contributed by atoms with E-state index in [2.05, 4.69) is 15.8 Å².